The maximum absolute atomic E-state index is 11.0. The molecule has 0 fully saturated rings. The highest BCUT2D eigenvalue weighted by Crippen LogP contribution is 1.99. The molecule has 0 aromatic carbocycles. The molecule has 4 nitrogen and oxygen atoms in total. The zero-order valence-electron chi connectivity index (χ0n) is 7.33. The van der Waals surface area contributed by atoms with Crippen LogP contribution in [0.1, 0.15) is 13.8 Å². The lowest BCUT2D eigenvalue weighted by Crippen LogP contribution is -2.12. The van der Waals surface area contributed by atoms with Gasteiger partial charge in [0.25, 0.3) is 0 Å². The summed E-state index contributed by atoms with van der Waals surface area (Å²) in [6, 6.07) is 1.67. The van der Waals surface area contributed by atoms with E-state index in [0.717, 1.165) is 6.26 Å². The molecule has 4 heteroatoms. The third-order valence-electron chi connectivity index (χ3n) is 0.919. The van der Waals surface area contributed by atoms with Crippen LogP contribution in [0.25, 0.3) is 0 Å². The molecular weight excluding hydrogens is 158 g/mol. The van der Waals surface area contributed by atoms with Crippen molar-refractivity contribution in [3.63, 3.8) is 0 Å². The van der Waals surface area contributed by atoms with Crippen LogP contribution in [0, 0.1) is 11.3 Å². The van der Waals surface area contributed by atoms with Gasteiger partial charge in [-0.25, -0.2) is 4.79 Å². The second-order valence-corrected chi connectivity index (χ2v) is 2.33. The summed E-state index contributed by atoms with van der Waals surface area (Å²) in [6.07, 6.45) is 0.830. The third kappa shape index (κ3) is 3.62. The standard InChI is InChI=1S/C8H11NO3/c1-6(2)12-8(10)7(4-9)5-11-3/h5-6H,1-3H3/b7-5+. The number of nitriles is 1. The molecule has 0 aliphatic rings. The van der Waals surface area contributed by atoms with Gasteiger partial charge in [0.2, 0.25) is 0 Å². The first-order chi connectivity index (χ1) is 5.61. The van der Waals surface area contributed by atoms with Crippen molar-refractivity contribution in [2.45, 2.75) is 20.0 Å². The maximum Gasteiger partial charge on any atom is 0.352 e. The van der Waals surface area contributed by atoms with Gasteiger partial charge in [-0.3, -0.25) is 0 Å². The van der Waals surface area contributed by atoms with Gasteiger partial charge in [0.05, 0.1) is 13.2 Å². The van der Waals surface area contributed by atoms with Gasteiger partial charge in [-0.05, 0) is 13.8 Å². The Morgan fingerprint density at radius 1 is 1.58 bits per heavy atom. The van der Waals surface area contributed by atoms with E-state index < -0.39 is 5.97 Å². The largest absolute Gasteiger partial charge is 0.503 e. The second-order valence-electron chi connectivity index (χ2n) is 2.33. The molecule has 0 aromatic heterocycles. The number of nitrogens with zero attached hydrogens (tertiary/aromatic N) is 1. The lowest BCUT2D eigenvalue weighted by atomic mass is 10.3. The van der Waals surface area contributed by atoms with E-state index in [-0.39, 0.29) is 11.7 Å². The van der Waals surface area contributed by atoms with Gasteiger partial charge in [0.15, 0.2) is 5.57 Å². The Bertz CT molecular complexity index is 225. The van der Waals surface area contributed by atoms with E-state index in [0.29, 0.717) is 0 Å². The average Bonchev–Trinajstić information content (AvgIpc) is 1.98. The Balaban J connectivity index is 4.26. The van der Waals surface area contributed by atoms with Gasteiger partial charge in [-0.15, -0.1) is 0 Å². The van der Waals surface area contributed by atoms with E-state index >= 15 is 0 Å². The van der Waals surface area contributed by atoms with Crippen LogP contribution in [-0.2, 0) is 14.3 Å². The Hall–Kier alpha value is -1.50. The first-order valence-corrected chi connectivity index (χ1v) is 3.45. The molecule has 0 aliphatic carbocycles. The Kier molecular flexibility index (Phi) is 4.54. The number of esters is 1. The highest BCUT2D eigenvalue weighted by Gasteiger charge is 2.11. The molecule has 0 heterocycles. The van der Waals surface area contributed by atoms with E-state index in [4.69, 9.17) is 10.00 Å². The summed E-state index contributed by atoms with van der Waals surface area (Å²) in [6.45, 7) is 3.42. The van der Waals surface area contributed by atoms with E-state index in [2.05, 4.69) is 4.74 Å². The first kappa shape index (κ1) is 10.5. The Morgan fingerprint density at radius 3 is 2.50 bits per heavy atom. The molecule has 0 radical (unpaired) electrons. The molecule has 66 valence electrons. The number of methoxy groups -OCH3 is 1. The van der Waals surface area contributed by atoms with Crippen molar-refractivity contribution in [1.29, 1.82) is 5.26 Å². The fourth-order valence-electron chi connectivity index (χ4n) is 0.516. The van der Waals surface area contributed by atoms with Crippen LogP contribution in [0.3, 0.4) is 0 Å². The van der Waals surface area contributed by atoms with Crippen LogP contribution in [0.5, 0.6) is 0 Å². The molecule has 0 rings (SSSR count). The first-order valence-electron chi connectivity index (χ1n) is 3.45. The molecule has 0 bridgehead atoms. The SMILES string of the molecule is CO/C=C(\C#N)C(=O)OC(C)C. The summed E-state index contributed by atoms with van der Waals surface area (Å²) < 4.78 is 9.26. The van der Waals surface area contributed by atoms with Crippen molar-refractivity contribution in [2.24, 2.45) is 0 Å². The third-order valence-corrected chi connectivity index (χ3v) is 0.919. The number of hydrogen-bond donors (Lipinski definition) is 0. The smallest absolute Gasteiger partial charge is 0.352 e. The van der Waals surface area contributed by atoms with Crippen LogP contribution in [0.2, 0.25) is 0 Å². The molecule has 0 N–H and O–H groups in total. The van der Waals surface area contributed by atoms with Gasteiger partial charge < -0.3 is 9.47 Å². The molecule has 0 aromatic rings. The molecule has 0 amide bonds. The zero-order chi connectivity index (χ0) is 9.56. The van der Waals surface area contributed by atoms with Gasteiger partial charge in [-0.2, -0.15) is 5.26 Å². The average molecular weight is 169 g/mol. The number of hydrogen-bond acceptors (Lipinski definition) is 4. The quantitative estimate of drug-likeness (QED) is 0.273. The molecule has 0 saturated heterocycles. The minimum atomic E-state index is -0.658. The van der Waals surface area contributed by atoms with Crippen molar-refractivity contribution in [1.82, 2.24) is 0 Å². The summed E-state index contributed by atoms with van der Waals surface area (Å²) in [4.78, 5) is 11.0. The molecular formula is C8H11NO3. The molecule has 0 atom stereocenters. The number of carbonyl (C=O) groups is 1. The van der Waals surface area contributed by atoms with Gasteiger partial charge in [0.1, 0.15) is 12.3 Å². The second kappa shape index (κ2) is 5.19. The van der Waals surface area contributed by atoms with Gasteiger partial charge in [-0.1, -0.05) is 0 Å². The normalized spacial score (nSPS) is 10.8. The van der Waals surface area contributed by atoms with Crippen LogP contribution in [0.4, 0.5) is 0 Å². The predicted molar refractivity (Wildman–Crippen MR) is 41.9 cm³/mol. The van der Waals surface area contributed by atoms with Crippen LogP contribution in [-0.4, -0.2) is 19.2 Å². The molecule has 0 spiro atoms. The topological polar surface area (TPSA) is 59.3 Å². The van der Waals surface area contributed by atoms with Crippen molar-refractivity contribution in [2.75, 3.05) is 7.11 Å². The lowest BCUT2D eigenvalue weighted by Gasteiger charge is -2.05. The number of carbonyl (C=O) groups excluding carboxylic acids is 1. The number of rotatable bonds is 3. The molecule has 0 aliphatic heterocycles. The van der Waals surface area contributed by atoms with Gasteiger partial charge in [0, 0.05) is 0 Å². The van der Waals surface area contributed by atoms with Crippen LogP contribution < -0.4 is 0 Å². The minimum Gasteiger partial charge on any atom is -0.503 e. The summed E-state index contributed by atoms with van der Waals surface area (Å²) in [5.74, 6) is -0.658. The molecule has 0 saturated carbocycles. The van der Waals surface area contributed by atoms with Crippen LogP contribution in [0.15, 0.2) is 11.8 Å². The minimum absolute atomic E-state index is 0.133. The van der Waals surface area contributed by atoms with Crippen molar-refractivity contribution in [3.8, 4) is 6.07 Å². The summed E-state index contributed by atoms with van der Waals surface area (Å²) >= 11 is 0. The van der Waals surface area contributed by atoms with Crippen molar-refractivity contribution >= 4 is 5.97 Å². The van der Waals surface area contributed by atoms with E-state index in [1.807, 2.05) is 0 Å². The van der Waals surface area contributed by atoms with Crippen LogP contribution >= 0.6 is 0 Å². The summed E-state index contributed by atoms with van der Waals surface area (Å²) in [5, 5.41) is 8.44. The highest BCUT2D eigenvalue weighted by atomic mass is 16.5. The van der Waals surface area contributed by atoms with E-state index in [1.54, 1.807) is 19.9 Å². The van der Waals surface area contributed by atoms with E-state index in [1.165, 1.54) is 7.11 Å². The molecule has 0 unspecified atom stereocenters. The van der Waals surface area contributed by atoms with Crippen molar-refractivity contribution in [3.05, 3.63) is 11.8 Å². The van der Waals surface area contributed by atoms with E-state index in [9.17, 15) is 4.79 Å². The fraction of sp³-hybridized carbons (Fsp3) is 0.500. The zero-order valence-corrected chi connectivity index (χ0v) is 7.33. The highest BCUT2D eigenvalue weighted by molar-refractivity contribution is 5.92. The molecule has 12 heavy (non-hydrogen) atoms. The summed E-state index contributed by atoms with van der Waals surface area (Å²) in [7, 11) is 1.36. The van der Waals surface area contributed by atoms with Crippen molar-refractivity contribution < 1.29 is 14.3 Å². The maximum atomic E-state index is 11.0. The predicted octanol–water partition coefficient (Wildman–Crippen LogP) is 0.992. The Labute approximate surface area is 71.4 Å². The Morgan fingerprint density at radius 2 is 2.17 bits per heavy atom. The summed E-state index contributed by atoms with van der Waals surface area (Å²) in [5.41, 5.74) is -0.133. The lowest BCUT2D eigenvalue weighted by molar-refractivity contribution is -0.142. The number of ether oxygens (including phenoxy) is 2. The fourth-order valence-corrected chi connectivity index (χ4v) is 0.516. The van der Waals surface area contributed by atoms with Gasteiger partial charge >= 0.3 is 5.97 Å². The monoisotopic (exact) mass is 169 g/mol.